The Labute approximate surface area is 481 Å². The van der Waals surface area contributed by atoms with Gasteiger partial charge < -0.3 is 0 Å². The first-order valence-electron chi connectivity index (χ1n) is 37.3. The van der Waals surface area contributed by atoms with Crippen molar-refractivity contribution in [3.63, 3.8) is 0 Å². The van der Waals surface area contributed by atoms with Crippen molar-refractivity contribution in [1.29, 1.82) is 0 Å². The Hall–Kier alpha value is 0. The summed E-state index contributed by atoms with van der Waals surface area (Å²) in [5, 5.41) is 0. The summed E-state index contributed by atoms with van der Waals surface area (Å²) in [4.78, 5) is 0. The second-order valence-electron chi connectivity index (χ2n) is 49.6. The molecule has 8 bridgehead atoms. The Morgan fingerprint density at radius 3 is 0.642 bits per heavy atom. The Bertz CT molecular complexity index is 4660. The van der Waals surface area contributed by atoms with Crippen LogP contribution in [-0.2, 0) is 0 Å². The van der Waals surface area contributed by atoms with E-state index < -0.39 is 0 Å². The van der Waals surface area contributed by atoms with Crippen molar-refractivity contribution in [2.24, 2.45) is 311 Å². The molecule has 44 rings (SSSR count). The first-order valence-corrected chi connectivity index (χ1v) is 37.3. The average molecular weight is 1060 g/mol. The molecule has 0 aromatic carbocycles. The molecule has 0 N–H and O–H groups in total. The van der Waals surface area contributed by atoms with E-state index in [1.54, 1.807) is 0 Å². The Kier molecular flexibility index (Phi) is 2.76. The molecule has 44 aliphatic rings. The SMILES string of the molecule is CC12C3C4(C)C1(C)C1C2(C)C32C35C6C7C3(C38C9C%10(C)C%11(C)C9(C)C3(C)C%11(C)C%108C)C3C5C65C73C36C7C8(C)C9(C)C(C83C)C6(C79C)C36C7C8(C)C3(C)C3C8(C7(C)C356)C35C6C7(C)C8(C)C(C73C)C5(C68C)C35C6C7(C)C3(C)C3C5(C)C6(C)C37C142. The summed E-state index contributed by atoms with van der Waals surface area (Å²) < 4.78 is 0. The largest absolute Gasteiger partial charge is 0.0582 e. The zero-order valence-electron chi connectivity index (χ0n) is 54.2. The molecule has 44 unspecified atom stereocenters. The van der Waals surface area contributed by atoms with Gasteiger partial charge in [-0.05, 0) is 311 Å². The molecular weight excluding hydrogens is 973 g/mol. The lowest BCUT2D eigenvalue weighted by atomic mass is 8.53. The molecule has 0 radical (unpaired) electrons. The van der Waals surface area contributed by atoms with Crippen LogP contribution in [0, 0.1) is 311 Å². The molecule has 0 aromatic rings. The second-order valence-corrected chi connectivity index (χ2v) is 49.6. The van der Waals surface area contributed by atoms with Crippen molar-refractivity contribution in [1.82, 2.24) is 0 Å². The van der Waals surface area contributed by atoms with Gasteiger partial charge in [-0.15, -0.1) is 0 Å². The third-order valence-corrected chi connectivity index (χ3v) is 64.0. The quantitative estimate of drug-likeness (QED) is 0.246. The molecule has 81 heavy (non-hydrogen) atoms. The highest BCUT2D eigenvalue weighted by Gasteiger charge is 3.53. The molecule has 0 saturated heterocycles. The average Bonchev–Trinajstić information content (AvgIpc) is 0.462. The van der Waals surface area contributed by atoms with Gasteiger partial charge in [0.05, 0.1) is 0 Å². The summed E-state index contributed by atoms with van der Waals surface area (Å²) in [6, 6.07) is 0. The van der Waals surface area contributed by atoms with Crippen LogP contribution >= 0.6 is 0 Å². The van der Waals surface area contributed by atoms with Gasteiger partial charge in [0.25, 0.3) is 0 Å². The number of rotatable bonds is 1. The van der Waals surface area contributed by atoms with E-state index in [1.807, 2.05) is 0 Å². The Morgan fingerprint density at radius 1 is 0.123 bits per heavy atom. The molecule has 0 heteroatoms. The maximum absolute atomic E-state index is 3.41. The fraction of sp³-hybridized carbons (Fsp3) is 1.00. The molecule has 44 atom stereocenters. The highest BCUT2D eigenvalue weighted by atomic mass is 15.6. The minimum absolute atomic E-state index is 0.562. The maximum Gasteiger partial charge on any atom is -0.00538 e. The van der Waals surface area contributed by atoms with Crippen molar-refractivity contribution in [3.8, 4) is 0 Å². The van der Waals surface area contributed by atoms with Crippen molar-refractivity contribution >= 4 is 0 Å². The molecule has 0 aromatic heterocycles. The molecular formula is C81H90. The van der Waals surface area contributed by atoms with Crippen molar-refractivity contribution < 1.29 is 0 Å². The van der Waals surface area contributed by atoms with Crippen LogP contribution in [0.4, 0.5) is 0 Å². The van der Waals surface area contributed by atoms with E-state index >= 15 is 0 Å². The molecule has 44 saturated carbocycles. The molecule has 0 nitrogen and oxygen atoms in total. The minimum Gasteiger partial charge on any atom is -0.0582 e. The van der Waals surface area contributed by atoms with Crippen LogP contribution in [0.25, 0.3) is 0 Å². The lowest BCUT2D eigenvalue weighted by Crippen LogP contribution is -3.48. The van der Waals surface area contributed by atoms with Gasteiger partial charge in [-0.3, -0.25) is 0 Å². The van der Waals surface area contributed by atoms with Crippen molar-refractivity contribution in [2.75, 3.05) is 0 Å². The van der Waals surface area contributed by atoms with Gasteiger partial charge in [0.2, 0.25) is 0 Å². The van der Waals surface area contributed by atoms with Crippen LogP contribution in [0.5, 0.6) is 0 Å². The third-order valence-electron chi connectivity index (χ3n) is 64.0. The smallest absolute Gasteiger partial charge is 0.00538 e. The highest BCUT2D eigenvalue weighted by Crippen LogP contribution is 3.54. The zero-order valence-corrected chi connectivity index (χ0v) is 54.2. The van der Waals surface area contributed by atoms with E-state index in [0.717, 1.165) is 105 Å². The van der Waals surface area contributed by atoms with Gasteiger partial charge in [0.15, 0.2) is 0 Å². The predicted molar refractivity (Wildman–Crippen MR) is 294 cm³/mol. The van der Waals surface area contributed by atoms with Gasteiger partial charge >= 0.3 is 0 Å². The topological polar surface area (TPSA) is 0 Å². The van der Waals surface area contributed by atoms with Crippen LogP contribution in [0.3, 0.4) is 0 Å². The van der Waals surface area contributed by atoms with Gasteiger partial charge in [0, 0.05) is 0 Å². The van der Waals surface area contributed by atoms with Crippen LogP contribution in [-0.4, -0.2) is 0 Å². The lowest BCUT2D eigenvalue weighted by molar-refractivity contribution is -1.05. The van der Waals surface area contributed by atoms with Gasteiger partial charge in [-0.25, -0.2) is 0 Å². The fourth-order valence-corrected chi connectivity index (χ4v) is 72.6. The van der Waals surface area contributed by atoms with Crippen LogP contribution in [0.2, 0.25) is 0 Å². The summed E-state index contributed by atoms with van der Waals surface area (Å²) in [6.45, 7) is 78.8. The van der Waals surface area contributed by atoms with Crippen LogP contribution < -0.4 is 0 Å². The fourth-order valence-electron chi connectivity index (χ4n) is 72.6. The van der Waals surface area contributed by atoms with Gasteiger partial charge in [0.1, 0.15) is 0 Å². The van der Waals surface area contributed by atoms with E-state index in [2.05, 4.69) is 173 Å². The Morgan fingerprint density at radius 2 is 0.309 bits per heavy atom. The molecule has 0 aliphatic heterocycles. The first kappa shape index (κ1) is 37.9. The Balaban J connectivity index is 0.728. The lowest BCUT2D eigenvalue weighted by Gasteiger charge is -3.49. The summed E-state index contributed by atoms with van der Waals surface area (Å²) in [6.07, 6.45) is 0. The summed E-state index contributed by atoms with van der Waals surface area (Å²) >= 11 is 0. The van der Waals surface area contributed by atoms with E-state index in [9.17, 15) is 0 Å². The molecule has 0 heterocycles. The summed E-state index contributed by atoms with van der Waals surface area (Å²) in [7, 11) is 0. The van der Waals surface area contributed by atoms with E-state index in [0.29, 0.717) is 206 Å². The molecule has 44 aliphatic carbocycles. The van der Waals surface area contributed by atoms with Gasteiger partial charge in [-0.1, -0.05) is 173 Å². The standard InChI is InChI=1S/C81H90/c1-41-30-49(9)43(41,3)32-47(41,7)73(30)68-26-28-66-29(69(28,68)81-39-59(19)62(22)60(39,20)64(81,24)65(62,25)63(59,81)23)27(68)67(26,66)75-40-58(18)57(17)38(80(58,75)79-33-44(4)42(2)31(50(44,79)10)74(66,79)48(33,42)8)61(75,21)72(40,57)78-35-46(6)45(5)34(52(46,78)12)77(78,51(35,45)11)71-37-53(13)55(71,15)36-56(71,16)54(37,14)70(36,53)76(32,49)73/h26-40H,1-25H3. The zero-order chi connectivity index (χ0) is 54.2. The normalized spacial score (nSPS) is 118. The van der Waals surface area contributed by atoms with E-state index in [4.69, 9.17) is 0 Å². The first-order chi connectivity index (χ1) is 37.3. The molecule has 0 amide bonds. The molecule has 414 valence electrons. The number of hydrogen-bond acceptors (Lipinski definition) is 0. The third kappa shape index (κ3) is 1.01. The van der Waals surface area contributed by atoms with Crippen LogP contribution in [0.1, 0.15) is 173 Å². The summed E-state index contributed by atoms with van der Waals surface area (Å²) in [5.41, 5.74) is 26.1. The second kappa shape index (κ2) is 5.90. The van der Waals surface area contributed by atoms with E-state index in [-0.39, 0.29) is 0 Å². The van der Waals surface area contributed by atoms with Crippen LogP contribution in [0.15, 0.2) is 0 Å². The minimum atomic E-state index is 0.562. The summed E-state index contributed by atoms with van der Waals surface area (Å²) in [5.74, 6) is 16.3. The highest BCUT2D eigenvalue weighted by molar-refractivity contribution is 5.97. The molecule has 14 spiro atoms. The van der Waals surface area contributed by atoms with Crippen molar-refractivity contribution in [2.45, 2.75) is 173 Å². The predicted octanol–water partition coefficient (Wildman–Crippen LogP) is 14.7. The van der Waals surface area contributed by atoms with Gasteiger partial charge in [-0.2, -0.15) is 0 Å². The van der Waals surface area contributed by atoms with Crippen molar-refractivity contribution in [3.05, 3.63) is 0 Å². The monoisotopic (exact) mass is 1060 g/mol. The number of hydrogen-bond donors (Lipinski definition) is 0. The maximum atomic E-state index is 3.41. The van der Waals surface area contributed by atoms with E-state index in [1.165, 1.54) is 0 Å². The molecule has 44 fully saturated rings.